The van der Waals surface area contributed by atoms with Crippen molar-refractivity contribution >= 4 is 21.6 Å². The SMILES string of the molecule is COc1ccc(-c2nnc(-c3cc(Br)ccc3N)[nH]c2=O)cc1. The molecule has 0 atom stereocenters. The number of hydrogen-bond donors (Lipinski definition) is 2. The smallest absolute Gasteiger partial charge is 0.278 e. The van der Waals surface area contributed by atoms with Crippen molar-refractivity contribution in [3.63, 3.8) is 0 Å². The zero-order valence-corrected chi connectivity index (χ0v) is 13.8. The predicted octanol–water partition coefficient (Wildman–Crippen LogP) is 2.85. The topological polar surface area (TPSA) is 93.9 Å². The Labute approximate surface area is 140 Å². The summed E-state index contributed by atoms with van der Waals surface area (Å²) in [6.07, 6.45) is 0. The van der Waals surface area contributed by atoms with Crippen LogP contribution < -0.4 is 16.0 Å². The van der Waals surface area contributed by atoms with E-state index in [4.69, 9.17) is 10.5 Å². The van der Waals surface area contributed by atoms with Gasteiger partial charge in [-0.3, -0.25) is 4.79 Å². The van der Waals surface area contributed by atoms with Crippen molar-refractivity contribution in [2.75, 3.05) is 12.8 Å². The third kappa shape index (κ3) is 3.09. The molecule has 0 saturated heterocycles. The van der Waals surface area contributed by atoms with E-state index in [2.05, 4.69) is 31.1 Å². The summed E-state index contributed by atoms with van der Waals surface area (Å²) in [5.41, 5.74) is 7.62. The number of aromatic amines is 1. The molecule has 6 nitrogen and oxygen atoms in total. The van der Waals surface area contributed by atoms with Gasteiger partial charge in [0.15, 0.2) is 11.5 Å². The van der Waals surface area contributed by atoms with Crippen molar-refractivity contribution in [1.29, 1.82) is 0 Å². The average molecular weight is 373 g/mol. The minimum atomic E-state index is -0.334. The normalized spacial score (nSPS) is 10.5. The summed E-state index contributed by atoms with van der Waals surface area (Å²) in [5, 5.41) is 8.14. The number of benzene rings is 2. The van der Waals surface area contributed by atoms with Crippen LogP contribution >= 0.6 is 15.9 Å². The van der Waals surface area contributed by atoms with E-state index in [1.165, 1.54) is 0 Å². The fraction of sp³-hybridized carbons (Fsp3) is 0.0625. The third-order valence-electron chi connectivity index (χ3n) is 3.33. The van der Waals surface area contributed by atoms with Gasteiger partial charge in [0.05, 0.1) is 7.11 Å². The van der Waals surface area contributed by atoms with E-state index in [0.29, 0.717) is 28.4 Å². The standard InChI is InChI=1S/C16H13BrN4O2/c1-23-11-5-2-9(3-6-11)14-16(22)19-15(21-20-14)12-8-10(17)4-7-13(12)18/h2-8H,18H2,1H3,(H,19,21,22). The van der Waals surface area contributed by atoms with Gasteiger partial charge in [-0.05, 0) is 42.5 Å². The zero-order valence-electron chi connectivity index (χ0n) is 12.2. The van der Waals surface area contributed by atoms with Crippen molar-refractivity contribution < 1.29 is 4.74 Å². The number of nitrogens with zero attached hydrogens (tertiary/aromatic N) is 2. The lowest BCUT2D eigenvalue weighted by Gasteiger charge is -2.06. The molecule has 0 bridgehead atoms. The summed E-state index contributed by atoms with van der Waals surface area (Å²) in [5.74, 6) is 1.03. The lowest BCUT2D eigenvalue weighted by atomic mass is 10.1. The van der Waals surface area contributed by atoms with Gasteiger partial charge in [-0.2, -0.15) is 0 Å². The molecular weight excluding hydrogens is 360 g/mol. The van der Waals surface area contributed by atoms with Gasteiger partial charge in [0.1, 0.15) is 5.75 Å². The van der Waals surface area contributed by atoms with Crippen molar-refractivity contribution in [2.24, 2.45) is 0 Å². The molecule has 3 aromatic rings. The highest BCUT2D eigenvalue weighted by atomic mass is 79.9. The van der Waals surface area contributed by atoms with E-state index in [1.54, 1.807) is 43.5 Å². The number of nitrogen functional groups attached to an aromatic ring is 1. The quantitative estimate of drug-likeness (QED) is 0.689. The van der Waals surface area contributed by atoms with Crippen LogP contribution in [0.4, 0.5) is 5.69 Å². The van der Waals surface area contributed by atoms with Crippen LogP contribution in [0.3, 0.4) is 0 Å². The van der Waals surface area contributed by atoms with Crippen molar-refractivity contribution in [3.05, 3.63) is 57.3 Å². The van der Waals surface area contributed by atoms with Gasteiger partial charge in [0, 0.05) is 21.3 Å². The Bertz CT molecular complexity index is 907. The molecule has 1 heterocycles. The van der Waals surface area contributed by atoms with E-state index in [9.17, 15) is 4.79 Å². The Balaban J connectivity index is 2.03. The summed E-state index contributed by atoms with van der Waals surface area (Å²) in [7, 11) is 1.58. The summed E-state index contributed by atoms with van der Waals surface area (Å²) < 4.78 is 5.93. The van der Waals surface area contributed by atoms with Gasteiger partial charge >= 0.3 is 0 Å². The minimum absolute atomic E-state index is 0.241. The minimum Gasteiger partial charge on any atom is -0.497 e. The number of methoxy groups -OCH3 is 1. The second-order valence-electron chi connectivity index (χ2n) is 4.81. The van der Waals surface area contributed by atoms with Crippen molar-refractivity contribution in [3.8, 4) is 28.4 Å². The van der Waals surface area contributed by atoms with Gasteiger partial charge in [0.2, 0.25) is 0 Å². The van der Waals surface area contributed by atoms with Crippen LogP contribution in [0.1, 0.15) is 0 Å². The Morgan fingerprint density at radius 3 is 2.52 bits per heavy atom. The Hall–Kier alpha value is -2.67. The first kappa shape index (κ1) is 15.2. The first-order valence-corrected chi connectivity index (χ1v) is 7.54. The summed E-state index contributed by atoms with van der Waals surface area (Å²) in [6, 6.07) is 12.4. The number of H-pyrrole nitrogens is 1. The molecule has 0 spiro atoms. The number of rotatable bonds is 3. The number of hydrogen-bond acceptors (Lipinski definition) is 5. The molecule has 1 aromatic heterocycles. The van der Waals surface area contributed by atoms with Crippen LogP contribution in [0.2, 0.25) is 0 Å². The highest BCUT2D eigenvalue weighted by Gasteiger charge is 2.11. The van der Waals surface area contributed by atoms with E-state index in [-0.39, 0.29) is 11.3 Å². The lowest BCUT2D eigenvalue weighted by Crippen LogP contribution is -2.14. The molecule has 3 N–H and O–H groups in total. The van der Waals surface area contributed by atoms with Crippen molar-refractivity contribution in [1.82, 2.24) is 15.2 Å². The largest absolute Gasteiger partial charge is 0.497 e. The molecule has 0 amide bonds. The van der Waals surface area contributed by atoms with Gasteiger partial charge < -0.3 is 15.5 Å². The Morgan fingerprint density at radius 2 is 1.87 bits per heavy atom. The van der Waals surface area contributed by atoms with E-state index >= 15 is 0 Å². The predicted molar refractivity (Wildman–Crippen MR) is 92.2 cm³/mol. The average Bonchev–Trinajstić information content (AvgIpc) is 2.57. The van der Waals surface area contributed by atoms with Crippen LogP contribution in [-0.4, -0.2) is 22.3 Å². The first-order valence-electron chi connectivity index (χ1n) is 6.75. The third-order valence-corrected chi connectivity index (χ3v) is 3.82. The maximum Gasteiger partial charge on any atom is 0.278 e. The molecule has 116 valence electrons. The van der Waals surface area contributed by atoms with E-state index < -0.39 is 0 Å². The van der Waals surface area contributed by atoms with E-state index in [0.717, 1.165) is 4.47 Å². The maximum atomic E-state index is 12.3. The van der Waals surface area contributed by atoms with Crippen LogP contribution in [0.25, 0.3) is 22.6 Å². The number of anilines is 1. The molecular formula is C16H13BrN4O2. The fourth-order valence-corrected chi connectivity index (χ4v) is 2.49. The molecule has 0 fully saturated rings. The maximum absolute atomic E-state index is 12.3. The summed E-state index contributed by atoms with van der Waals surface area (Å²) in [4.78, 5) is 15.0. The molecule has 7 heteroatoms. The molecule has 0 radical (unpaired) electrons. The number of nitrogens with one attached hydrogen (secondary N) is 1. The molecule has 0 saturated carbocycles. The van der Waals surface area contributed by atoms with Gasteiger partial charge in [-0.15, -0.1) is 10.2 Å². The molecule has 2 aromatic carbocycles. The van der Waals surface area contributed by atoms with E-state index in [1.807, 2.05) is 6.07 Å². The Morgan fingerprint density at radius 1 is 1.13 bits per heavy atom. The summed E-state index contributed by atoms with van der Waals surface area (Å²) >= 11 is 3.37. The fourth-order valence-electron chi connectivity index (χ4n) is 2.13. The highest BCUT2D eigenvalue weighted by Crippen LogP contribution is 2.26. The van der Waals surface area contributed by atoms with Crippen molar-refractivity contribution in [2.45, 2.75) is 0 Å². The van der Waals surface area contributed by atoms with Gasteiger partial charge in [-0.25, -0.2) is 0 Å². The molecule has 0 unspecified atom stereocenters. The first-order chi connectivity index (χ1) is 11.1. The number of nitrogens with two attached hydrogens (primary N) is 1. The zero-order chi connectivity index (χ0) is 16.4. The molecule has 0 aliphatic carbocycles. The Kier molecular flexibility index (Phi) is 4.12. The second-order valence-corrected chi connectivity index (χ2v) is 5.73. The lowest BCUT2D eigenvalue weighted by molar-refractivity contribution is 0.415. The second kappa shape index (κ2) is 6.21. The summed E-state index contributed by atoms with van der Waals surface area (Å²) in [6.45, 7) is 0. The van der Waals surface area contributed by atoms with Gasteiger partial charge in [0.25, 0.3) is 5.56 Å². The number of ether oxygens (including phenoxy) is 1. The molecule has 23 heavy (non-hydrogen) atoms. The van der Waals surface area contributed by atoms with Crippen LogP contribution in [0.5, 0.6) is 5.75 Å². The highest BCUT2D eigenvalue weighted by molar-refractivity contribution is 9.10. The molecule has 0 aliphatic rings. The molecule has 3 rings (SSSR count). The number of aromatic nitrogens is 3. The molecule has 0 aliphatic heterocycles. The number of halogens is 1. The monoisotopic (exact) mass is 372 g/mol. The van der Waals surface area contributed by atoms with Gasteiger partial charge in [-0.1, -0.05) is 15.9 Å². The van der Waals surface area contributed by atoms with Crippen LogP contribution in [0.15, 0.2) is 51.7 Å². The van der Waals surface area contributed by atoms with Crippen LogP contribution in [0, 0.1) is 0 Å². The van der Waals surface area contributed by atoms with Crippen LogP contribution in [-0.2, 0) is 0 Å².